The van der Waals surface area contributed by atoms with Crippen LogP contribution in [0.2, 0.25) is 5.28 Å². The van der Waals surface area contributed by atoms with E-state index < -0.39 is 0 Å². The minimum Gasteiger partial charge on any atom is -0.226 e. The van der Waals surface area contributed by atoms with Crippen LogP contribution in [-0.4, -0.2) is 9.97 Å². The van der Waals surface area contributed by atoms with Gasteiger partial charge in [0.2, 0.25) is 5.28 Å². The van der Waals surface area contributed by atoms with Crippen molar-refractivity contribution in [3.05, 3.63) is 47.0 Å². The Morgan fingerprint density at radius 1 is 1.07 bits per heavy atom. The van der Waals surface area contributed by atoms with Crippen LogP contribution in [0.3, 0.4) is 0 Å². The second kappa shape index (κ2) is 3.99. The summed E-state index contributed by atoms with van der Waals surface area (Å²) in [4.78, 5) is 7.95. The molecular formula is C12H11ClN2. The van der Waals surface area contributed by atoms with Crippen LogP contribution in [0.1, 0.15) is 11.1 Å². The first-order valence-corrected chi connectivity index (χ1v) is 5.10. The fourth-order valence-electron chi connectivity index (χ4n) is 1.59. The molecule has 1 heterocycles. The first-order valence-electron chi connectivity index (χ1n) is 4.72. The number of aryl methyl sites for hydroxylation is 2. The van der Waals surface area contributed by atoms with E-state index in [4.69, 9.17) is 11.6 Å². The monoisotopic (exact) mass is 218 g/mol. The normalized spacial score (nSPS) is 10.3. The van der Waals surface area contributed by atoms with Gasteiger partial charge in [-0.3, -0.25) is 0 Å². The van der Waals surface area contributed by atoms with Crippen LogP contribution in [0.5, 0.6) is 0 Å². The van der Waals surface area contributed by atoms with Crippen molar-refractivity contribution in [3.63, 3.8) is 0 Å². The molecule has 0 saturated carbocycles. The van der Waals surface area contributed by atoms with Gasteiger partial charge in [-0.25, -0.2) is 9.97 Å². The Hall–Kier alpha value is -1.41. The molecule has 0 atom stereocenters. The summed E-state index contributed by atoms with van der Waals surface area (Å²) in [7, 11) is 0. The molecule has 15 heavy (non-hydrogen) atoms. The summed E-state index contributed by atoms with van der Waals surface area (Å²) in [5.41, 5.74) is 4.63. The summed E-state index contributed by atoms with van der Waals surface area (Å²) in [6.07, 6.45) is 3.49. The highest BCUT2D eigenvalue weighted by atomic mass is 35.5. The molecule has 0 fully saturated rings. The number of halogens is 1. The van der Waals surface area contributed by atoms with Crippen molar-refractivity contribution in [3.8, 4) is 11.1 Å². The Morgan fingerprint density at radius 3 is 2.33 bits per heavy atom. The van der Waals surface area contributed by atoms with Gasteiger partial charge >= 0.3 is 0 Å². The summed E-state index contributed by atoms with van der Waals surface area (Å²) in [5.74, 6) is 0. The summed E-state index contributed by atoms with van der Waals surface area (Å²) < 4.78 is 0. The predicted molar refractivity (Wildman–Crippen MR) is 62.0 cm³/mol. The van der Waals surface area contributed by atoms with Crippen molar-refractivity contribution in [1.82, 2.24) is 9.97 Å². The Morgan fingerprint density at radius 2 is 1.73 bits per heavy atom. The van der Waals surface area contributed by atoms with Crippen molar-refractivity contribution in [2.24, 2.45) is 0 Å². The van der Waals surface area contributed by atoms with Crippen molar-refractivity contribution in [2.75, 3.05) is 0 Å². The van der Waals surface area contributed by atoms with Crippen LogP contribution in [0.15, 0.2) is 30.6 Å². The van der Waals surface area contributed by atoms with Crippen molar-refractivity contribution in [2.45, 2.75) is 13.8 Å². The molecule has 3 heteroatoms. The Labute approximate surface area is 94.0 Å². The first kappa shape index (κ1) is 10.1. The molecule has 76 valence electrons. The maximum absolute atomic E-state index is 5.64. The lowest BCUT2D eigenvalue weighted by Crippen LogP contribution is -1.88. The average molecular weight is 219 g/mol. The molecule has 0 saturated heterocycles. The van der Waals surface area contributed by atoms with Gasteiger partial charge in [0.25, 0.3) is 0 Å². The van der Waals surface area contributed by atoms with Gasteiger partial charge in [0.1, 0.15) is 0 Å². The molecule has 0 aliphatic heterocycles. The van der Waals surface area contributed by atoms with E-state index in [0.29, 0.717) is 0 Å². The molecule has 0 aliphatic rings. The van der Waals surface area contributed by atoms with Gasteiger partial charge in [0.15, 0.2) is 0 Å². The lowest BCUT2D eigenvalue weighted by Gasteiger charge is -2.05. The second-order valence-electron chi connectivity index (χ2n) is 3.56. The predicted octanol–water partition coefficient (Wildman–Crippen LogP) is 3.41. The van der Waals surface area contributed by atoms with E-state index >= 15 is 0 Å². The molecule has 0 unspecified atom stereocenters. The number of hydrogen-bond acceptors (Lipinski definition) is 2. The van der Waals surface area contributed by atoms with Gasteiger partial charge in [-0.15, -0.1) is 0 Å². The summed E-state index contributed by atoms with van der Waals surface area (Å²) in [6.45, 7) is 4.16. The number of rotatable bonds is 1. The molecule has 0 N–H and O–H groups in total. The molecule has 1 aromatic heterocycles. The molecule has 1 aromatic carbocycles. The Bertz CT molecular complexity index is 477. The van der Waals surface area contributed by atoms with E-state index in [2.05, 4.69) is 42.0 Å². The highest BCUT2D eigenvalue weighted by Crippen LogP contribution is 2.23. The lowest BCUT2D eigenvalue weighted by molar-refractivity contribution is 1.17. The van der Waals surface area contributed by atoms with E-state index in [9.17, 15) is 0 Å². The Kier molecular flexibility index (Phi) is 2.69. The zero-order valence-electron chi connectivity index (χ0n) is 8.66. The largest absolute Gasteiger partial charge is 0.226 e. The van der Waals surface area contributed by atoms with E-state index in [0.717, 1.165) is 11.1 Å². The topological polar surface area (TPSA) is 25.8 Å². The van der Waals surface area contributed by atoms with Crippen LogP contribution in [0.25, 0.3) is 11.1 Å². The highest BCUT2D eigenvalue weighted by Gasteiger charge is 2.02. The summed E-state index contributed by atoms with van der Waals surface area (Å²) >= 11 is 5.64. The van der Waals surface area contributed by atoms with Crippen LogP contribution in [0.4, 0.5) is 0 Å². The maximum atomic E-state index is 5.64. The minimum atomic E-state index is 0.281. The number of benzene rings is 1. The van der Waals surface area contributed by atoms with Gasteiger partial charge in [0, 0.05) is 18.0 Å². The third-order valence-electron chi connectivity index (χ3n) is 2.31. The van der Waals surface area contributed by atoms with Crippen LogP contribution < -0.4 is 0 Å². The fourth-order valence-corrected chi connectivity index (χ4v) is 1.69. The first-order chi connectivity index (χ1) is 7.16. The maximum Gasteiger partial charge on any atom is 0.222 e. The SMILES string of the molecule is Cc1ccc(-c2cnc(Cl)nc2)c(C)c1. The van der Waals surface area contributed by atoms with Crippen molar-refractivity contribution < 1.29 is 0 Å². The van der Waals surface area contributed by atoms with Crippen molar-refractivity contribution >= 4 is 11.6 Å². The quantitative estimate of drug-likeness (QED) is 0.686. The van der Waals surface area contributed by atoms with E-state index in [1.54, 1.807) is 12.4 Å². The van der Waals surface area contributed by atoms with Gasteiger partial charge in [-0.1, -0.05) is 23.8 Å². The molecule has 0 bridgehead atoms. The zero-order valence-corrected chi connectivity index (χ0v) is 9.42. The van der Waals surface area contributed by atoms with E-state index in [1.807, 2.05) is 0 Å². The van der Waals surface area contributed by atoms with E-state index in [-0.39, 0.29) is 5.28 Å². The summed E-state index contributed by atoms with van der Waals surface area (Å²) in [5, 5.41) is 0.281. The second-order valence-corrected chi connectivity index (χ2v) is 3.90. The molecule has 0 spiro atoms. The highest BCUT2D eigenvalue weighted by molar-refractivity contribution is 6.28. The standard InChI is InChI=1S/C12H11ClN2/c1-8-3-4-11(9(2)5-8)10-6-14-12(13)15-7-10/h3-7H,1-2H3. The van der Waals surface area contributed by atoms with E-state index in [1.165, 1.54) is 11.1 Å². The molecule has 0 radical (unpaired) electrons. The zero-order chi connectivity index (χ0) is 10.8. The third kappa shape index (κ3) is 2.16. The van der Waals surface area contributed by atoms with Crippen LogP contribution in [0, 0.1) is 13.8 Å². The van der Waals surface area contributed by atoms with Gasteiger partial charge in [0.05, 0.1) is 0 Å². The molecule has 2 aromatic rings. The molecule has 2 nitrogen and oxygen atoms in total. The van der Waals surface area contributed by atoms with Crippen LogP contribution >= 0.6 is 11.6 Å². The van der Waals surface area contributed by atoms with Gasteiger partial charge < -0.3 is 0 Å². The number of aromatic nitrogens is 2. The van der Waals surface area contributed by atoms with Crippen molar-refractivity contribution in [1.29, 1.82) is 0 Å². The summed E-state index contributed by atoms with van der Waals surface area (Å²) in [6, 6.07) is 6.30. The van der Waals surface area contributed by atoms with Gasteiger partial charge in [-0.05, 0) is 36.6 Å². The lowest BCUT2D eigenvalue weighted by atomic mass is 10.0. The minimum absolute atomic E-state index is 0.281. The number of nitrogens with zero attached hydrogens (tertiary/aromatic N) is 2. The Balaban J connectivity index is 2.49. The third-order valence-corrected chi connectivity index (χ3v) is 2.51. The van der Waals surface area contributed by atoms with Gasteiger partial charge in [-0.2, -0.15) is 0 Å². The molecular weight excluding hydrogens is 208 g/mol. The molecule has 0 amide bonds. The number of hydrogen-bond donors (Lipinski definition) is 0. The fraction of sp³-hybridized carbons (Fsp3) is 0.167. The molecule has 0 aliphatic carbocycles. The van der Waals surface area contributed by atoms with Crippen LogP contribution in [-0.2, 0) is 0 Å². The average Bonchev–Trinajstić information content (AvgIpc) is 2.20. The molecule has 2 rings (SSSR count). The smallest absolute Gasteiger partial charge is 0.222 e.